The molecule has 0 spiro atoms. The molecule has 0 bridgehead atoms. The second-order valence-electron chi connectivity index (χ2n) is 5.41. The van der Waals surface area contributed by atoms with Crippen molar-refractivity contribution in [1.82, 2.24) is 15.5 Å². The van der Waals surface area contributed by atoms with Crippen molar-refractivity contribution in [3.05, 3.63) is 0 Å². The molecule has 1 atom stereocenters. The van der Waals surface area contributed by atoms with Crippen molar-refractivity contribution in [2.45, 2.75) is 50.6 Å². The Morgan fingerprint density at radius 3 is 2.82 bits per heavy atom. The summed E-state index contributed by atoms with van der Waals surface area (Å²) < 4.78 is 0. The van der Waals surface area contributed by atoms with E-state index in [9.17, 15) is 4.79 Å². The number of nitrogens with one attached hydrogen (secondary N) is 2. The molecular formula is C13H25N3O. The molecule has 1 saturated carbocycles. The zero-order valence-corrected chi connectivity index (χ0v) is 10.9. The standard InChI is InChI=1S/C13H25N3O/c1-16(12-5-6-12)9-8-15-13(17)10-11-4-2-3-7-14-11/h11-12,14H,2-10H2,1H3,(H,15,17). The van der Waals surface area contributed by atoms with Gasteiger partial charge in [-0.15, -0.1) is 0 Å². The van der Waals surface area contributed by atoms with Crippen LogP contribution in [0.4, 0.5) is 0 Å². The van der Waals surface area contributed by atoms with Gasteiger partial charge in [-0.1, -0.05) is 6.42 Å². The highest BCUT2D eigenvalue weighted by molar-refractivity contribution is 5.76. The van der Waals surface area contributed by atoms with E-state index < -0.39 is 0 Å². The molecule has 4 nitrogen and oxygen atoms in total. The number of likely N-dealkylation sites (N-methyl/N-ethyl adjacent to an activating group) is 1. The van der Waals surface area contributed by atoms with E-state index >= 15 is 0 Å². The fourth-order valence-corrected chi connectivity index (χ4v) is 2.46. The van der Waals surface area contributed by atoms with Crippen LogP contribution < -0.4 is 10.6 Å². The van der Waals surface area contributed by atoms with Gasteiger partial charge in [-0.2, -0.15) is 0 Å². The Bertz CT molecular complexity index is 247. The van der Waals surface area contributed by atoms with Gasteiger partial charge in [-0.25, -0.2) is 0 Å². The highest BCUT2D eigenvalue weighted by Crippen LogP contribution is 2.24. The van der Waals surface area contributed by atoms with E-state index in [1.165, 1.54) is 25.7 Å². The van der Waals surface area contributed by atoms with E-state index in [0.29, 0.717) is 12.5 Å². The van der Waals surface area contributed by atoms with Gasteiger partial charge in [0.2, 0.25) is 5.91 Å². The Kier molecular flexibility index (Phi) is 4.80. The molecule has 17 heavy (non-hydrogen) atoms. The minimum absolute atomic E-state index is 0.202. The van der Waals surface area contributed by atoms with Crippen LogP contribution in [0.1, 0.15) is 38.5 Å². The molecule has 1 heterocycles. The summed E-state index contributed by atoms with van der Waals surface area (Å²) in [6.07, 6.45) is 6.97. The third-order valence-corrected chi connectivity index (χ3v) is 3.80. The van der Waals surface area contributed by atoms with Crippen molar-refractivity contribution in [3.8, 4) is 0 Å². The van der Waals surface area contributed by atoms with Crippen LogP contribution in [0.2, 0.25) is 0 Å². The van der Waals surface area contributed by atoms with Crippen LogP contribution in [-0.4, -0.2) is 49.6 Å². The predicted molar refractivity (Wildman–Crippen MR) is 68.9 cm³/mol. The second kappa shape index (κ2) is 6.36. The summed E-state index contributed by atoms with van der Waals surface area (Å²) in [7, 11) is 2.15. The number of carbonyl (C=O) groups excluding carboxylic acids is 1. The van der Waals surface area contributed by atoms with Crippen molar-refractivity contribution in [2.75, 3.05) is 26.7 Å². The number of amides is 1. The molecule has 0 aromatic heterocycles. The summed E-state index contributed by atoms with van der Waals surface area (Å²) in [5.41, 5.74) is 0. The molecule has 1 aliphatic heterocycles. The largest absolute Gasteiger partial charge is 0.355 e. The van der Waals surface area contributed by atoms with Crippen LogP contribution in [0.25, 0.3) is 0 Å². The first-order valence-electron chi connectivity index (χ1n) is 6.96. The van der Waals surface area contributed by atoms with E-state index in [0.717, 1.165) is 32.1 Å². The van der Waals surface area contributed by atoms with Gasteiger partial charge in [-0.05, 0) is 39.3 Å². The van der Waals surface area contributed by atoms with Crippen LogP contribution in [-0.2, 0) is 4.79 Å². The average molecular weight is 239 g/mol. The fraction of sp³-hybridized carbons (Fsp3) is 0.923. The molecule has 4 heteroatoms. The molecule has 98 valence electrons. The van der Waals surface area contributed by atoms with Crippen molar-refractivity contribution in [3.63, 3.8) is 0 Å². The summed E-state index contributed by atoms with van der Waals surface area (Å²) in [6, 6.07) is 1.19. The topological polar surface area (TPSA) is 44.4 Å². The zero-order valence-electron chi connectivity index (χ0n) is 10.9. The lowest BCUT2D eigenvalue weighted by Gasteiger charge is -2.23. The summed E-state index contributed by atoms with van der Waals surface area (Å²) in [5.74, 6) is 0.202. The molecule has 0 radical (unpaired) electrons. The lowest BCUT2D eigenvalue weighted by atomic mass is 10.0. The summed E-state index contributed by atoms with van der Waals surface area (Å²) in [4.78, 5) is 14.1. The molecule has 1 amide bonds. The van der Waals surface area contributed by atoms with Gasteiger partial charge in [0.25, 0.3) is 0 Å². The number of rotatable bonds is 6. The number of hydrogen-bond donors (Lipinski definition) is 2. The van der Waals surface area contributed by atoms with E-state index in [-0.39, 0.29) is 5.91 Å². The number of carbonyl (C=O) groups is 1. The molecule has 1 saturated heterocycles. The third-order valence-electron chi connectivity index (χ3n) is 3.80. The van der Waals surface area contributed by atoms with E-state index in [2.05, 4.69) is 22.6 Å². The molecular weight excluding hydrogens is 214 g/mol. The van der Waals surface area contributed by atoms with E-state index in [1.807, 2.05) is 0 Å². The minimum Gasteiger partial charge on any atom is -0.355 e. The predicted octanol–water partition coefficient (Wildman–Crippen LogP) is 0.729. The number of hydrogen-bond acceptors (Lipinski definition) is 3. The van der Waals surface area contributed by atoms with Crippen LogP contribution >= 0.6 is 0 Å². The Hall–Kier alpha value is -0.610. The normalized spacial score (nSPS) is 24.9. The molecule has 1 aliphatic carbocycles. The van der Waals surface area contributed by atoms with Gasteiger partial charge in [0.1, 0.15) is 0 Å². The van der Waals surface area contributed by atoms with Gasteiger partial charge >= 0.3 is 0 Å². The van der Waals surface area contributed by atoms with Gasteiger partial charge in [0.05, 0.1) is 0 Å². The SMILES string of the molecule is CN(CCNC(=O)CC1CCCCN1)C1CC1. The quantitative estimate of drug-likeness (QED) is 0.718. The smallest absolute Gasteiger partial charge is 0.221 e. The van der Waals surface area contributed by atoms with Crippen LogP contribution in [0.3, 0.4) is 0 Å². The highest BCUT2D eigenvalue weighted by atomic mass is 16.1. The molecule has 0 aromatic carbocycles. The maximum atomic E-state index is 11.7. The van der Waals surface area contributed by atoms with Crippen LogP contribution in [0, 0.1) is 0 Å². The number of piperidine rings is 1. The van der Waals surface area contributed by atoms with Crippen LogP contribution in [0.5, 0.6) is 0 Å². The van der Waals surface area contributed by atoms with E-state index in [4.69, 9.17) is 0 Å². The Morgan fingerprint density at radius 2 is 2.18 bits per heavy atom. The maximum absolute atomic E-state index is 11.7. The highest BCUT2D eigenvalue weighted by Gasteiger charge is 2.25. The first kappa shape index (κ1) is 12.8. The second-order valence-corrected chi connectivity index (χ2v) is 5.41. The average Bonchev–Trinajstić information content (AvgIpc) is 3.14. The molecule has 2 rings (SSSR count). The maximum Gasteiger partial charge on any atom is 0.221 e. The molecule has 1 unspecified atom stereocenters. The zero-order chi connectivity index (χ0) is 12.1. The number of nitrogens with zero attached hydrogens (tertiary/aromatic N) is 1. The van der Waals surface area contributed by atoms with Gasteiger partial charge in [-0.3, -0.25) is 4.79 Å². The fourth-order valence-electron chi connectivity index (χ4n) is 2.46. The molecule has 0 aromatic rings. The first-order valence-corrected chi connectivity index (χ1v) is 6.96. The van der Waals surface area contributed by atoms with Gasteiger partial charge in [0.15, 0.2) is 0 Å². The minimum atomic E-state index is 0.202. The molecule has 2 N–H and O–H groups in total. The van der Waals surface area contributed by atoms with Crippen LogP contribution in [0.15, 0.2) is 0 Å². The van der Waals surface area contributed by atoms with E-state index in [1.54, 1.807) is 0 Å². The van der Waals surface area contributed by atoms with Crippen molar-refractivity contribution >= 4 is 5.91 Å². The molecule has 2 aliphatic rings. The summed E-state index contributed by atoms with van der Waals surface area (Å²) >= 11 is 0. The lowest BCUT2D eigenvalue weighted by Crippen LogP contribution is -2.40. The van der Waals surface area contributed by atoms with Gasteiger partial charge in [0, 0.05) is 31.6 Å². The Morgan fingerprint density at radius 1 is 1.35 bits per heavy atom. The summed E-state index contributed by atoms with van der Waals surface area (Å²) in [6.45, 7) is 2.84. The Labute approximate surface area is 104 Å². The first-order chi connectivity index (χ1) is 8.25. The monoisotopic (exact) mass is 239 g/mol. The third kappa shape index (κ3) is 4.64. The van der Waals surface area contributed by atoms with Crippen molar-refractivity contribution < 1.29 is 4.79 Å². The summed E-state index contributed by atoms with van der Waals surface area (Å²) in [5, 5.41) is 6.43. The van der Waals surface area contributed by atoms with Crippen molar-refractivity contribution in [1.29, 1.82) is 0 Å². The van der Waals surface area contributed by atoms with Gasteiger partial charge < -0.3 is 15.5 Å². The molecule has 2 fully saturated rings. The Balaban J connectivity index is 1.53. The van der Waals surface area contributed by atoms with Crippen molar-refractivity contribution in [2.24, 2.45) is 0 Å². The lowest BCUT2D eigenvalue weighted by molar-refractivity contribution is -0.121.